The van der Waals surface area contributed by atoms with E-state index in [4.69, 9.17) is 16.3 Å². The number of aromatic amines is 1. The van der Waals surface area contributed by atoms with Crippen molar-refractivity contribution < 1.29 is 13.9 Å². The lowest BCUT2D eigenvalue weighted by atomic mass is 10.1. The molecule has 0 unspecified atom stereocenters. The van der Waals surface area contributed by atoms with Crippen molar-refractivity contribution in [3.63, 3.8) is 0 Å². The normalized spacial score (nSPS) is 11.2. The van der Waals surface area contributed by atoms with Crippen LogP contribution in [-0.2, 0) is 4.74 Å². The van der Waals surface area contributed by atoms with Crippen molar-refractivity contribution in [3.05, 3.63) is 65.1 Å². The molecule has 2 heterocycles. The van der Waals surface area contributed by atoms with Gasteiger partial charge in [-0.25, -0.2) is 14.2 Å². The first-order chi connectivity index (χ1) is 12.1. The Morgan fingerprint density at radius 2 is 1.96 bits per heavy atom. The number of pyridine rings is 1. The Morgan fingerprint density at radius 1 is 1.16 bits per heavy atom. The lowest BCUT2D eigenvalue weighted by molar-refractivity contribution is 0.0594. The van der Waals surface area contributed by atoms with E-state index in [1.807, 2.05) is 24.3 Å². The largest absolute Gasteiger partial charge is 0.464 e. The fraction of sp³-hybridized carbons (Fsp3) is 0.0526. The molecule has 0 radical (unpaired) electrons. The summed E-state index contributed by atoms with van der Waals surface area (Å²) in [5.41, 5.74) is 2.76. The third-order valence-corrected chi connectivity index (χ3v) is 4.39. The zero-order chi connectivity index (χ0) is 17.6. The molecule has 25 heavy (non-hydrogen) atoms. The predicted octanol–water partition coefficient (Wildman–Crippen LogP) is 4.96. The van der Waals surface area contributed by atoms with E-state index in [0.29, 0.717) is 11.3 Å². The summed E-state index contributed by atoms with van der Waals surface area (Å²) in [6.07, 6.45) is 0. The van der Waals surface area contributed by atoms with Crippen LogP contribution in [0.2, 0.25) is 5.02 Å². The molecule has 6 heteroatoms. The molecule has 0 spiro atoms. The molecule has 0 aliphatic carbocycles. The van der Waals surface area contributed by atoms with Gasteiger partial charge in [0.1, 0.15) is 11.5 Å². The minimum absolute atomic E-state index is 0.0285. The molecule has 124 valence electrons. The lowest BCUT2D eigenvalue weighted by Gasteiger charge is -2.07. The van der Waals surface area contributed by atoms with Crippen LogP contribution in [0.1, 0.15) is 10.5 Å². The first kappa shape index (κ1) is 15.6. The monoisotopic (exact) mass is 354 g/mol. The highest BCUT2D eigenvalue weighted by atomic mass is 35.5. The minimum atomic E-state index is -0.553. The van der Waals surface area contributed by atoms with Gasteiger partial charge in [0.2, 0.25) is 0 Å². The number of benzene rings is 2. The molecule has 0 amide bonds. The van der Waals surface area contributed by atoms with Crippen molar-refractivity contribution in [2.45, 2.75) is 0 Å². The number of H-pyrrole nitrogens is 1. The quantitative estimate of drug-likeness (QED) is 0.517. The van der Waals surface area contributed by atoms with Gasteiger partial charge in [0, 0.05) is 21.9 Å². The Kier molecular flexibility index (Phi) is 3.66. The van der Waals surface area contributed by atoms with Gasteiger partial charge in [0.05, 0.1) is 23.3 Å². The number of ether oxygens (including phenoxy) is 1. The van der Waals surface area contributed by atoms with Gasteiger partial charge in [-0.15, -0.1) is 0 Å². The van der Waals surface area contributed by atoms with Crippen LogP contribution in [0.3, 0.4) is 0 Å². The average Bonchev–Trinajstić information content (AvgIpc) is 3.01. The number of rotatable bonds is 2. The number of methoxy groups -OCH3 is 1. The number of hydrogen-bond donors (Lipinski definition) is 1. The second kappa shape index (κ2) is 5.86. The van der Waals surface area contributed by atoms with Gasteiger partial charge in [-0.3, -0.25) is 0 Å². The smallest absolute Gasteiger partial charge is 0.356 e. The summed E-state index contributed by atoms with van der Waals surface area (Å²) in [7, 11) is 1.30. The summed E-state index contributed by atoms with van der Waals surface area (Å²) in [5, 5.41) is 1.79. The molecule has 0 bridgehead atoms. The summed E-state index contributed by atoms with van der Waals surface area (Å²) in [6.45, 7) is 0. The van der Waals surface area contributed by atoms with Crippen LogP contribution in [0.15, 0.2) is 48.5 Å². The van der Waals surface area contributed by atoms with E-state index in [1.54, 1.807) is 12.1 Å². The molecular weight excluding hydrogens is 343 g/mol. The summed E-state index contributed by atoms with van der Waals surface area (Å²) < 4.78 is 18.7. The van der Waals surface area contributed by atoms with Crippen molar-refractivity contribution in [1.82, 2.24) is 9.97 Å². The molecule has 1 N–H and O–H groups in total. The fourth-order valence-corrected chi connectivity index (χ4v) is 3.02. The van der Waals surface area contributed by atoms with E-state index in [2.05, 4.69) is 9.97 Å². The molecule has 0 saturated heterocycles. The molecule has 4 aromatic rings. The van der Waals surface area contributed by atoms with Gasteiger partial charge in [0.15, 0.2) is 0 Å². The number of nitrogens with zero attached hydrogens (tertiary/aromatic N) is 1. The molecule has 0 fully saturated rings. The zero-order valence-corrected chi connectivity index (χ0v) is 13.9. The molecule has 0 aliphatic heterocycles. The van der Waals surface area contributed by atoms with Crippen LogP contribution >= 0.6 is 11.6 Å². The van der Waals surface area contributed by atoms with Crippen LogP contribution < -0.4 is 0 Å². The summed E-state index contributed by atoms with van der Waals surface area (Å²) in [6, 6.07) is 13.8. The fourth-order valence-electron chi connectivity index (χ4n) is 2.91. The Balaban J connectivity index is 2.10. The van der Waals surface area contributed by atoms with E-state index < -0.39 is 11.8 Å². The highest BCUT2D eigenvalue weighted by Crippen LogP contribution is 2.33. The number of carbonyl (C=O) groups excluding carboxylic acids is 1. The Bertz CT molecular complexity index is 1140. The number of carbonyl (C=O) groups is 1. The maximum Gasteiger partial charge on any atom is 0.356 e. The highest BCUT2D eigenvalue weighted by Gasteiger charge is 2.18. The van der Waals surface area contributed by atoms with E-state index in [-0.39, 0.29) is 10.7 Å². The van der Waals surface area contributed by atoms with E-state index in [0.717, 1.165) is 21.8 Å². The predicted molar refractivity (Wildman–Crippen MR) is 95.3 cm³/mol. The van der Waals surface area contributed by atoms with Gasteiger partial charge in [-0.2, -0.15) is 0 Å². The van der Waals surface area contributed by atoms with Crippen molar-refractivity contribution in [2.75, 3.05) is 7.11 Å². The number of esters is 1. The Labute approximate surface area is 147 Å². The number of fused-ring (bicyclic) bond motifs is 3. The van der Waals surface area contributed by atoms with Crippen molar-refractivity contribution >= 4 is 39.4 Å². The second-order valence-corrected chi connectivity index (χ2v) is 5.98. The number of nitrogens with one attached hydrogen (secondary N) is 1. The topological polar surface area (TPSA) is 55.0 Å². The van der Waals surface area contributed by atoms with E-state index >= 15 is 0 Å². The molecule has 0 aliphatic rings. The van der Waals surface area contributed by atoms with Crippen molar-refractivity contribution in [3.8, 4) is 11.3 Å². The Hall–Kier alpha value is -2.92. The maximum atomic E-state index is 13.9. The van der Waals surface area contributed by atoms with Crippen molar-refractivity contribution in [1.29, 1.82) is 0 Å². The van der Waals surface area contributed by atoms with Gasteiger partial charge in [-0.1, -0.05) is 35.9 Å². The second-order valence-electron chi connectivity index (χ2n) is 5.57. The number of para-hydroxylation sites is 1. The van der Waals surface area contributed by atoms with Gasteiger partial charge in [-0.05, 0) is 24.3 Å². The molecule has 4 nitrogen and oxygen atoms in total. The molecule has 2 aromatic heterocycles. The lowest BCUT2D eigenvalue weighted by Crippen LogP contribution is -2.05. The minimum Gasteiger partial charge on any atom is -0.464 e. The van der Waals surface area contributed by atoms with Gasteiger partial charge in [0.25, 0.3) is 0 Å². The SMILES string of the molecule is COC(=O)c1cc2c([nH]c3ccccc32)c(-c2ccc(Cl)c(F)c2)n1. The number of aromatic nitrogens is 2. The molecule has 0 atom stereocenters. The van der Waals surface area contributed by atoms with E-state index in [1.165, 1.54) is 19.2 Å². The molecular formula is C19H12ClFN2O2. The summed E-state index contributed by atoms with van der Waals surface area (Å²) in [4.78, 5) is 19.7. The van der Waals surface area contributed by atoms with Crippen LogP contribution in [0.4, 0.5) is 4.39 Å². The first-order valence-electron chi connectivity index (χ1n) is 7.53. The van der Waals surface area contributed by atoms with Crippen LogP contribution in [0.25, 0.3) is 33.1 Å². The van der Waals surface area contributed by atoms with Crippen LogP contribution in [0.5, 0.6) is 0 Å². The van der Waals surface area contributed by atoms with Gasteiger partial charge < -0.3 is 9.72 Å². The summed E-state index contributed by atoms with van der Waals surface area (Å²) >= 11 is 5.78. The first-order valence-corrected chi connectivity index (χ1v) is 7.91. The summed E-state index contributed by atoms with van der Waals surface area (Å²) in [5.74, 6) is -1.10. The zero-order valence-electron chi connectivity index (χ0n) is 13.1. The van der Waals surface area contributed by atoms with Crippen molar-refractivity contribution in [2.24, 2.45) is 0 Å². The third kappa shape index (κ3) is 2.53. The number of hydrogen-bond acceptors (Lipinski definition) is 3. The Morgan fingerprint density at radius 3 is 2.72 bits per heavy atom. The standard InChI is InChI=1S/C19H12ClFN2O2/c1-25-19(24)16-9-12-11-4-2-3-5-15(11)22-18(12)17(23-16)10-6-7-13(20)14(21)8-10/h2-9,22H,1H3. The third-order valence-electron chi connectivity index (χ3n) is 4.08. The van der Waals surface area contributed by atoms with E-state index in [9.17, 15) is 9.18 Å². The maximum absolute atomic E-state index is 13.9. The van der Waals surface area contributed by atoms with Crippen LogP contribution in [-0.4, -0.2) is 23.0 Å². The number of halogens is 2. The average molecular weight is 355 g/mol. The molecule has 4 rings (SSSR count). The molecule has 0 saturated carbocycles. The molecule has 2 aromatic carbocycles. The van der Waals surface area contributed by atoms with Gasteiger partial charge >= 0.3 is 5.97 Å². The highest BCUT2D eigenvalue weighted by molar-refractivity contribution is 6.30. The van der Waals surface area contributed by atoms with Crippen LogP contribution in [0, 0.1) is 5.82 Å².